The topological polar surface area (TPSA) is 100 Å². The van der Waals surface area contributed by atoms with Gasteiger partial charge in [0.15, 0.2) is 0 Å². The largest absolute Gasteiger partial charge is 0.371 e. The molecule has 0 unspecified atom stereocenters. The van der Waals surface area contributed by atoms with E-state index in [9.17, 15) is 9.59 Å². The Morgan fingerprint density at radius 2 is 1.13 bits per heavy atom. The molecule has 0 atom stereocenters. The summed E-state index contributed by atoms with van der Waals surface area (Å²) in [5.41, 5.74) is 8.49. The van der Waals surface area contributed by atoms with E-state index in [1.54, 1.807) is 0 Å². The SMILES string of the molecule is CN1CCN(C(=O)C2CCN(c3ccc(Cl)c(-c4nc5ccccc5[nH]4)c3)CC2)CC1.CN1CCN(C(=O)C2CCN(c3cccc(-c4nc5ccccc5n4C)c3)CC2)CC1. The van der Waals surface area contributed by atoms with Crippen molar-refractivity contribution >= 4 is 56.9 Å². The van der Waals surface area contributed by atoms with Gasteiger partial charge < -0.3 is 39.0 Å². The summed E-state index contributed by atoms with van der Waals surface area (Å²) in [4.78, 5) is 52.3. The predicted octanol–water partition coefficient (Wildman–Crippen LogP) is 7.10. The maximum Gasteiger partial charge on any atom is 0.225 e. The van der Waals surface area contributed by atoms with Crippen LogP contribution in [0, 0.1) is 11.8 Å². The van der Waals surface area contributed by atoms with Crippen molar-refractivity contribution in [2.24, 2.45) is 18.9 Å². The van der Waals surface area contributed by atoms with Gasteiger partial charge in [0.25, 0.3) is 0 Å². The van der Waals surface area contributed by atoms with Crippen molar-refractivity contribution in [1.29, 1.82) is 0 Å². The Labute approximate surface area is 370 Å². The number of benzene rings is 4. The van der Waals surface area contributed by atoms with Crippen LogP contribution in [0.25, 0.3) is 44.8 Å². The number of piperazine rings is 2. The number of carbonyl (C=O) groups is 2. The lowest BCUT2D eigenvalue weighted by Gasteiger charge is -2.38. The molecule has 6 heterocycles. The monoisotopic (exact) mass is 854 g/mol. The van der Waals surface area contributed by atoms with Crippen molar-refractivity contribution < 1.29 is 9.59 Å². The number of nitrogens with one attached hydrogen (secondary N) is 1. The van der Waals surface area contributed by atoms with Crippen LogP contribution in [0.4, 0.5) is 11.4 Å². The van der Waals surface area contributed by atoms with Gasteiger partial charge in [0.05, 0.1) is 27.1 Å². The van der Waals surface area contributed by atoms with E-state index in [0.29, 0.717) is 16.8 Å². The quantitative estimate of drug-likeness (QED) is 0.190. The number of amides is 2. The summed E-state index contributed by atoms with van der Waals surface area (Å²) in [6.45, 7) is 11.0. The Morgan fingerprint density at radius 1 is 0.581 bits per heavy atom. The van der Waals surface area contributed by atoms with Crippen LogP contribution >= 0.6 is 11.6 Å². The van der Waals surface area contributed by atoms with Crippen molar-refractivity contribution in [3.05, 3.63) is 96.0 Å². The van der Waals surface area contributed by atoms with E-state index in [1.165, 1.54) is 5.69 Å². The Kier molecular flexibility index (Phi) is 12.5. The normalized spacial score (nSPS) is 18.6. The Hall–Kier alpha value is -5.43. The molecule has 13 heteroatoms. The fourth-order valence-electron chi connectivity index (χ4n) is 9.56. The van der Waals surface area contributed by atoms with Crippen LogP contribution in [-0.4, -0.2) is 144 Å². The number of carbonyl (C=O) groups excluding carboxylic acids is 2. The number of nitrogens with zero attached hydrogens (tertiary/aromatic N) is 9. The summed E-state index contributed by atoms with van der Waals surface area (Å²) in [6, 6.07) is 31.0. The molecular weight excluding hydrogens is 796 g/mol. The zero-order chi connectivity index (χ0) is 42.7. The van der Waals surface area contributed by atoms with Crippen LogP contribution in [0.15, 0.2) is 91.0 Å². The van der Waals surface area contributed by atoms with Crippen molar-refractivity contribution in [1.82, 2.24) is 39.1 Å². The predicted molar refractivity (Wildman–Crippen MR) is 251 cm³/mol. The third-order valence-corrected chi connectivity index (χ3v) is 13.9. The van der Waals surface area contributed by atoms with Gasteiger partial charge in [-0.05, 0) is 94.4 Å². The fourth-order valence-corrected chi connectivity index (χ4v) is 9.76. The van der Waals surface area contributed by atoms with Gasteiger partial charge in [0, 0.05) is 120 Å². The highest BCUT2D eigenvalue weighted by molar-refractivity contribution is 6.33. The number of aromatic amines is 1. The lowest BCUT2D eigenvalue weighted by atomic mass is 9.94. The number of piperidine rings is 2. The van der Waals surface area contributed by atoms with Gasteiger partial charge in [-0.25, -0.2) is 9.97 Å². The molecule has 0 bridgehead atoms. The maximum atomic E-state index is 12.9. The number of likely N-dealkylation sites (N-methyl/N-ethyl adjacent to an activating group) is 2. The molecule has 0 spiro atoms. The highest BCUT2D eigenvalue weighted by Crippen LogP contribution is 2.34. The van der Waals surface area contributed by atoms with E-state index in [-0.39, 0.29) is 11.8 Å². The van der Waals surface area contributed by atoms with Crippen molar-refractivity contribution in [2.75, 3.05) is 102 Å². The number of para-hydroxylation sites is 4. The molecule has 62 heavy (non-hydrogen) atoms. The number of hydrogen-bond acceptors (Lipinski definition) is 8. The zero-order valence-corrected chi connectivity index (χ0v) is 37.1. The number of fused-ring (bicyclic) bond motifs is 2. The standard InChI is InChI=1S/C25H31N5O.C24H28ClN5O/c1-27-14-16-30(17-15-27)25(31)19-10-12-29(13-11-19)21-7-5-6-20(18-21)24-26-22-8-3-4-9-23(22)28(24)2;1-28-12-14-30(15-13-28)24(31)17-8-10-29(11-9-17)18-6-7-20(25)19(16-18)23-26-21-4-2-3-5-22(21)27-23/h3-9,18-19H,10-17H2,1-2H3;2-7,16-17H,8-15H2,1H3,(H,26,27). The van der Waals surface area contributed by atoms with E-state index in [1.807, 2.05) is 36.4 Å². The molecule has 4 aliphatic heterocycles. The van der Waals surface area contributed by atoms with Gasteiger partial charge in [-0.3, -0.25) is 9.59 Å². The van der Waals surface area contributed by atoms with E-state index < -0.39 is 0 Å². The van der Waals surface area contributed by atoms with Crippen LogP contribution in [0.3, 0.4) is 0 Å². The van der Waals surface area contributed by atoms with Crippen LogP contribution in [-0.2, 0) is 16.6 Å². The molecule has 0 radical (unpaired) electrons. The molecule has 12 nitrogen and oxygen atoms in total. The summed E-state index contributed by atoms with van der Waals surface area (Å²) in [6.07, 6.45) is 3.66. The minimum atomic E-state index is 0.141. The lowest BCUT2D eigenvalue weighted by molar-refractivity contribution is -0.138. The molecule has 2 aromatic heterocycles. The molecule has 4 saturated heterocycles. The number of halogens is 1. The number of hydrogen-bond donors (Lipinski definition) is 1. The maximum absolute atomic E-state index is 12.9. The molecule has 4 fully saturated rings. The van der Waals surface area contributed by atoms with E-state index in [4.69, 9.17) is 21.6 Å². The number of anilines is 2. The van der Waals surface area contributed by atoms with Gasteiger partial charge in [-0.15, -0.1) is 0 Å². The average molecular weight is 856 g/mol. The second-order valence-electron chi connectivity index (χ2n) is 17.6. The van der Waals surface area contributed by atoms with Gasteiger partial charge in [-0.1, -0.05) is 48.0 Å². The lowest BCUT2D eigenvalue weighted by Crippen LogP contribution is -2.50. The van der Waals surface area contributed by atoms with Crippen molar-refractivity contribution in [2.45, 2.75) is 25.7 Å². The highest BCUT2D eigenvalue weighted by Gasteiger charge is 2.32. The minimum Gasteiger partial charge on any atom is -0.371 e. The third-order valence-electron chi connectivity index (χ3n) is 13.5. The first-order valence-electron chi connectivity index (χ1n) is 22.4. The van der Waals surface area contributed by atoms with Crippen LogP contribution < -0.4 is 9.80 Å². The summed E-state index contributed by atoms with van der Waals surface area (Å²) in [5.74, 6) is 2.79. The van der Waals surface area contributed by atoms with Crippen LogP contribution in [0.2, 0.25) is 5.02 Å². The first-order chi connectivity index (χ1) is 30.2. The van der Waals surface area contributed by atoms with E-state index in [0.717, 1.165) is 155 Å². The molecule has 0 aliphatic carbocycles. The van der Waals surface area contributed by atoms with Gasteiger partial charge in [0.1, 0.15) is 11.6 Å². The molecular formula is C49H59ClN10O2. The number of imidazole rings is 2. The third kappa shape index (κ3) is 9.05. The zero-order valence-electron chi connectivity index (χ0n) is 36.3. The molecule has 1 N–H and O–H groups in total. The molecule has 4 aromatic carbocycles. The Balaban J connectivity index is 0.000000158. The van der Waals surface area contributed by atoms with Gasteiger partial charge in [-0.2, -0.15) is 0 Å². The average Bonchev–Trinajstić information content (AvgIpc) is 3.91. The van der Waals surface area contributed by atoms with Crippen molar-refractivity contribution in [3.8, 4) is 22.8 Å². The van der Waals surface area contributed by atoms with Crippen LogP contribution in [0.1, 0.15) is 25.7 Å². The number of H-pyrrole nitrogens is 1. The van der Waals surface area contributed by atoms with Crippen molar-refractivity contribution in [3.63, 3.8) is 0 Å². The number of rotatable bonds is 6. The minimum absolute atomic E-state index is 0.141. The molecule has 6 aromatic rings. The molecule has 10 rings (SSSR count). The molecule has 324 valence electrons. The second kappa shape index (κ2) is 18.5. The smallest absolute Gasteiger partial charge is 0.225 e. The first-order valence-corrected chi connectivity index (χ1v) is 22.8. The fraction of sp³-hybridized carbons (Fsp3) is 0.429. The van der Waals surface area contributed by atoms with Gasteiger partial charge >= 0.3 is 0 Å². The number of aromatic nitrogens is 4. The van der Waals surface area contributed by atoms with E-state index >= 15 is 0 Å². The molecule has 2 amide bonds. The molecule has 0 saturated carbocycles. The Bertz CT molecular complexity index is 2470. The van der Waals surface area contributed by atoms with Gasteiger partial charge in [0.2, 0.25) is 11.8 Å². The highest BCUT2D eigenvalue weighted by atomic mass is 35.5. The van der Waals surface area contributed by atoms with Crippen LogP contribution in [0.5, 0.6) is 0 Å². The first kappa shape index (κ1) is 41.9. The summed E-state index contributed by atoms with van der Waals surface area (Å²) in [7, 11) is 6.32. The second-order valence-corrected chi connectivity index (χ2v) is 18.0. The molecule has 4 aliphatic rings. The van der Waals surface area contributed by atoms with E-state index in [2.05, 4.69) is 115 Å². The number of aryl methyl sites for hydroxylation is 1. The summed E-state index contributed by atoms with van der Waals surface area (Å²) in [5, 5.41) is 0.683. The summed E-state index contributed by atoms with van der Waals surface area (Å²) >= 11 is 6.53. The Morgan fingerprint density at radius 3 is 1.71 bits per heavy atom. The summed E-state index contributed by atoms with van der Waals surface area (Å²) < 4.78 is 2.16.